The highest BCUT2D eigenvalue weighted by Gasteiger charge is 2.20. The summed E-state index contributed by atoms with van der Waals surface area (Å²) in [5.41, 5.74) is 1.08. The molecular formula is C19H18BrN3O3S. The van der Waals surface area contributed by atoms with Crippen LogP contribution in [0.25, 0.3) is 0 Å². The lowest BCUT2D eigenvalue weighted by atomic mass is 10.2. The third kappa shape index (κ3) is 5.33. The molecule has 6 nitrogen and oxygen atoms in total. The Morgan fingerprint density at radius 1 is 1.19 bits per heavy atom. The summed E-state index contributed by atoms with van der Waals surface area (Å²) < 4.78 is 8.70. The number of carboxylic acids is 1. The van der Waals surface area contributed by atoms with Crippen molar-refractivity contribution in [2.75, 3.05) is 0 Å². The number of benzene rings is 2. The van der Waals surface area contributed by atoms with Crippen molar-refractivity contribution in [1.29, 1.82) is 0 Å². The van der Waals surface area contributed by atoms with Crippen molar-refractivity contribution < 1.29 is 14.6 Å². The zero-order chi connectivity index (χ0) is 19.2. The fourth-order valence-electron chi connectivity index (χ4n) is 2.32. The van der Waals surface area contributed by atoms with Gasteiger partial charge in [-0.2, -0.15) is 0 Å². The molecule has 0 saturated carbocycles. The quantitative estimate of drug-likeness (QED) is 0.520. The second kappa shape index (κ2) is 9.05. The van der Waals surface area contributed by atoms with Gasteiger partial charge in [-0.15, -0.1) is 10.2 Å². The van der Waals surface area contributed by atoms with Crippen LogP contribution in [0.1, 0.15) is 18.3 Å². The molecule has 0 aliphatic heterocycles. The predicted molar refractivity (Wildman–Crippen MR) is 107 cm³/mol. The molecule has 0 unspecified atom stereocenters. The van der Waals surface area contributed by atoms with Crippen LogP contribution in [0.2, 0.25) is 0 Å². The van der Waals surface area contributed by atoms with Gasteiger partial charge in [0, 0.05) is 4.47 Å². The van der Waals surface area contributed by atoms with Crippen LogP contribution in [-0.4, -0.2) is 31.1 Å². The van der Waals surface area contributed by atoms with Gasteiger partial charge in [0.05, 0.1) is 6.54 Å². The van der Waals surface area contributed by atoms with Gasteiger partial charge in [-0.3, -0.25) is 9.36 Å². The van der Waals surface area contributed by atoms with Crippen molar-refractivity contribution in [1.82, 2.24) is 14.8 Å². The lowest BCUT2D eigenvalue weighted by molar-refractivity contribution is -0.136. The van der Waals surface area contributed by atoms with Crippen molar-refractivity contribution in [2.24, 2.45) is 0 Å². The van der Waals surface area contributed by atoms with Crippen molar-refractivity contribution in [2.45, 2.75) is 30.5 Å². The van der Waals surface area contributed by atoms with Gasteiger partial charge < -0.3 is 9.84 Å². The van der Waals surface area contributed by atoms with Crippen LogP contribution in [0, 0.1) is 0 Å². The van der Waals surface area contributed by atoms with Gasteiger partial charge in [0.1, 0.15) is 17.6 Å². The number of rotatable bonds is 8. The Hall–Kier alpha value is -2.32. The number of nitrogens with zero attached hydrogens (tertiary/aromatic N) is 3. The van der Waals surface area contributed by atoms with E-state index in [1.165, 1.54) is 11.8 Å². The van der Waals surface area contributed by atoms with E-state index in [4.69, 9.17) is 4.74 Å². The summed E-state index contributed by atoms with van der Waals surface area (Å²) in [5, 5.41) is 17.5. The fourth-order valence-corrected chi connectivity index (χ4v) is 3.39. The van der Waals surface area contributed by atoms with Crippen molar-refractivity contribution in [3.05, 3.63) is 70.5 Å². The van der Waals surface area contributed by atoms with Crippen LogP contribution in [0.4, 0.5) is 0 Å². The van der Waals surface area contributed by atoms with Crippen LogP contribution < -0.4 is 4.74 Å². The maximum atomic E-state index is 11.2. The van der Waals surface area contributed by atoms with Crippen molar-refractivity contribution in [3.63, 3.8) is 0 Å². The molecule has 0 aliphatic carbocycles. The Balaban J connectivity index is 1.82. The number of thioether (sulfide) groups is 1. The van der Waals surface area contributed by atoms with Gasteiger partial charge in [-0.05, 0) is 36.8 Å². The minimum absolute atomic E-state index is 0.240. The molecule has 8 heteroatoms. The topological polar surface area (TPSA) is 77.2 Å². The first kappa shape index (κ1) is 19.4. The standard InChI is InChI=1S/C19H18BrN3O3S/c1-13(18(24)25)27-19-22-21-17(12-26-16-9-7-15(20)8-10-16)23(19)11-14-5-3-2-4-6-14/h2-10,13H,11-12H2,1H3,(H,24,25)/t13-/m1/s1. The second-order valence-corrected chi connectivity index (χ2v) is 8.04. The number of carboxylic acid groups (broad SMARTS) is 1. The van der Waals surface area contributed by atoms with E-state index in [1.807, 2.05) is 59.2 Å². The molecule has 1 heterocycles. The van der Waals surface area contributed by atoms with Crippen LogP contribution in [-0.2, 0) is 17.9 Å². The number of halogens is 1. The number of carbonyl (C=O) groups is 1. The first-order valence-electron chi connectivity index (χ1n) is 8.27. The van der Waals surface area contributed by atoms with Gasteiger partial charge >= 0.3 is 5.97 Å². The minimum Gasteiger partial charge on any atom is -0.486 e. The predicted octanol–water partition coefficient (Wildman–Crippen LogP) is 4.23. The van der Waals surface area contributed by atoms with E-state index in [2.05, 4.69) is 26.1 Å². The van der Waals surface area contributed by atoms with Crippen LogP contribution in [0.5, 0.6) is 5.75 Å². The zero-order valence-electron chi connectivity index (χ0n) is 14.6. The molecule has 0 spiro atoms. The summed E-state index contributed by atoms with van der Waals surface area (Å²) in [5.74, 6) is 0.476. The molecule has 0 saturated heterocycles. The number of aromatic nitrogens is 3. The van der Waals surface area contributed by atoms with Gasteiger partial charge in [-0.1, -0.05) is 58.0 Å². The van der Waals surface area contributed by atoms with E-state index >= 15 is 0 Å². The minimum atomic E-state index is -0.887. The summed E-state index contributed by atoms with van der Waals surface area (Å²) >= 11 is 4.57. The smallest absolute Gasteiger partial charge is 0.316 e. The average Bonchev–Trinajstić information content (AvgIpc) is 3.03. The molecule has 0 radical (unpaired) electrons. The molecule has 1 atom stereocenters. The van der Waals surface area contributed by atoms with Crippen molar-refractivity contribution >= 4 is 33.7 Å². The lowest BCUT2D eigenvalue weighted by Gasteiger charge is -2.12. The van der Waals surface area contributed by atoms with Crippen LogP contribution in [0.3, 0.4) is 0 Å². The molecule has 0 aliphatic rings. The number of aliphatic carboxylic acids is 1. The average molecular weight is 448 g/mol. The van der Waals surface area contributed by atoms with Crippen molar-refractivity contribution in [3.8, 4) is 5.75 Å². The SMILES string of the molecule is C[C@@H](Sc1nnc(COc2ccc(Br)cc2)n1Cc1ccccc1)C(=O)O. The number of ether oxygens (including phenoxy) is 1. The first-order valence-corrected chi connectivity index (χ1v) is 9.94. The maximum absolute atomic E-state index is 11.2. The monoisotopic (exact) mass is 447 g/mol. The van der Waals surface area contributed by atoms with E-state index in [0.717, 1.165) is 15.8 Å². The van der Waals surface area contributed by atoms with Crippen LogP contribution >= 0.6 is 27.7 Å². The molecule has 1 aromatic heterocycles. The van der Waals surface area contributed by atoms with Gasteiger partial charge in [0.15, 0.2) is 11.0 Å². The Bertz CT molecular complexity index is 900. The van der Waals surface area contributed by atoms with Crippen LogP contribution in [0.15, 0.2) is 64.2 Å². The molecule has 27 heavy (non-hydrogen) atoms. The third-order valence-corrected chi connectivity index (χ3v) is 5.39. The fraction of sp³-hybridized carbons (Fsp3) is 0.211. The lowest BCUT2D eigenvalue weighted by Crippen LogP contribution is -2.14. The summed E-state index contributed by atoms with van der Waals surface area (Å²) in [6.45, 7) is 2.41. The molecule has 3 rings (SSSR count). The van der Waals surface area contributed by atoms with E-state index in [9.17, 15) is 9.90 Å². The summed E-state index contributed by atoms with van der Waals surface area (Å²) in [7, 11) is 0. The molecule has 0 fully saturated rings. The molecule has 0 amide bonds. The summed E-state index contributed by atoms with van der Waals surface area (Å²) in [4.78, 5) is 11.2. The molecule has 3 aromatic rings. The Morgan fingerprint density at radius 3 is 2.56 bits per heavy atom. The molecule has 1 N–H and O–H groups in total. The normalized spacial score (nSPS) is 11.9. The van der Waals surface area contributed by atoms with E-state index in [-0.39, 0.29) is 6.61 Å². The third-order valence-electron chi connectivity index (χ3n) is 3.79. The molecule has 2 aromatic carbocycles. The first-order chi connectivity index (χ1) is 13.0. The second-order valence-electron chi connectivity index (χ2n) is 5.81. The highest BCUT2D eigenvalue weighted by molar-refractivity contribution is 9.10. The maximum Gasteiger partial charge on any atom is 0.316 e. The molecular weight excluding hydrogens is 430 g/mol. The Kier molecular flexibility index (Phi) is 6.52. The Morgan fingerprint density at radius 2 is 1.89 bits per heavy atom. The van der Waals surface area contributed by atoms with Gasteiger partial charge in [0.2, 0.25) is 0 Å². The summed E-state index contributed by atoms with van der Waals surface area (Å²) in [6, 6.07) is 17.4. The van der Waals surface area contributed by atoms with E-state index in [1.54, 1.807) is 6.92 Å². The molecule has 140 valence electrons. The summed E-state index contributed by atoms with van der Waals surface area (Å²) in [6.07, 6.45) is 0. The number of hydrogen-bond acceptors (Lipinski definition) is 5. The van der Waals surface area contributed by atoms with Gasteiger partial charge in [0.25, 0.3) is 0 Å². The highest BCUT2D eigenvalue weighted by Crippen LogP contribution is 2.24. The number of hydrogen-bond donors (Lipinski definition) is 1. The Labute approximate surface area is 169 Å². The highest BCUT2D eigenvalue weighted by atomic mass is 79.9. The largest absolute Gasteiger partial charge is 0.486 e. The molecule has 0 bridgehead atoms. The van der Waals surface area contributed by atoms with E-state index in [0.29, 0.717) is 17.5 Å². The van der Waals surface area contributed by atoms with E-state index < -0.39 is 11.2 Å². The van der Waals surface area contributed by atoms with Gasteiger partial charge in [-0.25, -0.2) is 0 Å². The zero-order valence-corrected chi connectivity index (χ0v) is 17.0.